The number of halogens is 1. The fourth-order valence-corrected chi connectivity index (χ4v) is 1.10. The topological polar surface area (TPSA) is 30.7 Å². The summed E-state index contributed by atoms with van der Waals surface area (Å²) in [5.74, 6) is -0.272. The standard InChI is InChI=1S/C8H5B2FN3/c9-10-14-5-8(12-13-14)6-1-3-7(11)4-2-6/h1-5H. The smallest absolute Gasteiger partial charge is 0.221 e. The van der Waals surface area contributed by atoms with Crippen molar-refractivity contribution in [2.24, 2.45) is 0 Å². The zero-order chi connectivity index (χ0) is 9.97. The number of aromatic nitrogens is 3. The van der Waals surface area contributed by atoms with Gasteiger partial charge < -0.3 is 4.59 Å². The molecule has 1 aromatic carbocycles. The lowest BCUT2D eigenvalue weighted by molar-refractivity contribution is 0.628. The van der Waals surface area contributed by atoms with Crippen LogP contribution in [0, 0.1) is 5.82 Å². The lowest BCUT2D eigenvalue weighted by atomic mass is 9.67. The van der Waals surface area contributed by atoms with Crippen LogP contribution in [-0.2, 0) is 0 Å². The minimum atomic E-state index is -0.272. The summed E-state index contributed by atoms with van der Waals surface area (Å²) >= 11 is 0. The van der Waals surface area contributed by atoms with Crippen molar-refractivity contribution < 1.29 is 4.39 Å². The molecule has 0 saturated carbocycles. The molecule has 3 radical (unpaired) electrons. The highest BCUT2D eigenvalue weighted by Gasteiger charge is 2.02. The van der Waals surface area contributed by atoms with Crippen molar-refractivity contribution in [3.8, 4) is 11.3 Å². The Kier molecular flexibility index (Phi) is 2.35. The van der Waals surface area contributed by atoms with Crippen LogP contribution in [0.4, 0.5) is 4.39 Å². The third-order valence-electron chi connectivity index (χ3n) is 1.80. The molecule has 1 heterocycles. The maximum atomic E-state index is 12.6. The normalized spacial score (nSPS) is 10.1. The first kappa shape index (κ1) is 8.99. The zero-order valence-corrected chi connectivity index (χ0v) is 7.26. The van der Waals surface area contributed by atoms with Gasteiger partial charge in [-0.3, -0.25) is 0 Å². The number of rotatable bonds is 2. The summed E-state index contributed by atoms with van der Waals surface area (Å²) in [5, 5.41) is 7.59. The Bertz CT molecular complexity index is 426. The van der Waals surface area contributed by atoms with Gasteiger partial charge in [0.25, 0.3) is 0 Å². The van der Waals surface area contributed by atoms with Crippen molar-refractivity contribution in [2.45, 2.75) is 0 Å². The van der Waals surface area contributed by atoms with Gasteiger partial charge in [0, 0.05) is 19.5 Å². The van der Waals surface area contributed by atoms with Crippen molar-refractivity contribution >= 4 is 15.0 Å². The molecule has 1 aromatic heterocycles. The lowest BCUT2D eigenvalue weighted by Crippen LogP contribution is -2.05. The van der Waals surface area contributed by atoms with Gasteiger partial charge in [-0.15, -0.1) is 5.10 Å². The fraction of sp³-hybridized carbons (Fsp3) is 0. The summed E-state index contributed by atoms with van der Waals surface area (Å²) in [6.45, 7) is 0. The molecule has 0 aliphatic heterocycles. The summed E-state index contributed by atoms with van der Waals surface area (Å²) in [4.78, 5) is 0. The van der Waals surface area contributed by atoms with Crippen LogP contribution in [0.5, 0.6) is 0 Å². The predicted octanol–water partition coefficient (Wildman–Crippen LogP) is 0.635. The third kappa shape index (κ3) is 1.69. The van der Waals surface area contributed by atoms with Gasteiger partial charge >= 0.3 is 0 Å². The van der Waals surface area contributed by atoms with E-state index in [0.717, 1.165) is 5.56 Å². The number of hydrogen-bond acceptors (Lipinski definition) is 2. The van der Waals surface area contributed by atoms with E-state index in [1.54, 1.807) is 18.3 Å². The molecule has 2 aromatic rings. The Labute approximate surface area is 82.6 Å². The number of hydrogen-bond donors (Lipinski definition) is 0. The monoisotopic (exact) mass is 184 g/mol. The van der Waals surface area contributed by atoms with E-state index in [9.17, 15) is 4.39 Å². The van der Waals surface area contributed by atoms with Gasteiger partial charge in [0.05, 0.1) is 0 Å². The molecule has 65 valence electrons. The molecule has 0 N–H and O–H groups in total. The summed E-state index contributed by atoms with van der Waals surface area (Å²) in [7, 11) is 6.53. The van der Waals surface area contributed by atoms with Gasteiger partial charge in [-0.25, -0.2) is 4.39 Å². The fourth-order valence-electron chi connectivity index (χ4n) is 1.10. The quantitative estimate of drug-likeness (QED) is 0.640. The molecule has 0 spiro atoms. The van der Waals surface area contributed by atoms with Crippen LogP contribution >= 0.6 is 0 Å². The summed E-state index contributed by atoms with van der Waals surface area (Å²) in [5.41, 5.74) is 1.46. The van der Waals surface area contributed by atoms with E-state index in [1.165, 1.54) is 24.0 Å². The second-order valence-electron chi connectivity index (χ2n) is 2.74. The van der Waals surface area contributed by atoms with Gasteiger partial charge in [-0.2, -0.15) is 0 Å². The van der Waals surface area contributed by atoms with Gasteiger partial charge in [0.1, 0.15) is 11.5 Å². The Morgan fingerprint density at radius 3 is 2.57 bits per heavy atom. The summed E-state index contributed by atoms with van der Waals surface area (Å²) in [6, 6.07) is 6.03. The highest BCUT2D eigenvalue weighted by Crippen LogP contribution is 2.15. The summed E-state index contributed by atoms with van der Waals surface area (Å²) < 4.78 is 14.0. The molecule has 2 rings (SSSR count). The molecule has 0 unspecified atom stereocenters. The van der Waals surface area contributed by atoms with Crippen LogP contribution in [0.1, 0.15) is 0 Å². The first-order valence-corrected chi connectivity index (χ1v) is 4.02. The van der Waals surface area contributed by atoms with E-state index in [-0.39, 0.29) is 5.82 Å². The molecule has 0 atom stereocenters. The third-order valence-corrected chi connectivity index (χ3v) is 1.80. The van der Waals surface area contributed by atoms with Crippen LogP contribution in [0.3, 0.4) is 0 Å². The van der Waals surface area contributed by atoms with Gasteiger partial charge in [-0.1, -0.05) is 5.21 Å². The molecule has 0 aliphatic rings. The van der Waals surface area contributed by atoms with E-state index in [0.29, 0.717) is 5.69 Å². The van der Waals surface area contributed by atoms with E-state index in [2.05, 4.69) is 10.3 Å². The van der Waals surface area contributed by atoms with Crippen LogP contribution in [-0.4, -0.2) is 29.9 Å². The minimum absolute atomic E-state index is 0.272. The second kappa shape index (κ2) is 3.65. The molecule has 0 bridgehead atoms. The predicted molar refractivity (Wildman–Crippen MR) is 52.3 cm³/mol. The van der Waals surface area contributed by atoms with Crippen LogP contribution in [0.2, 0.25) is 0 Å². The highest BCUT2D eigenvalue weighted by molar-refractivity contribution is 6.88. The first-order chi connectivity index (χ1) is 6.79. The maximum Gasteiger partial charge on any atom is 0.221 e. The van der Waals surface area contributed by atoms with Crippen molar-refractivity contribution in [1.82, 2.24) is 14.9 Å². The van der Waals surface area contributed by atoms with Crippen molar-refractivity contribution in [1.29, 1.82) is 0 Å². The van der Waals surface area contributed by atoms with Gasteiger partial charge in [0.2, 0.25) is 7.31 Å². The molecule has 0 saturated heterocycles. The molecular weight excluding hydrogens is 179 g/mol. The van der Waals surface area contributed by atoms with Crippen LogP contribution in [0.15, 0.2) is 30.5 Å². The molecule has 0 amide bonds. The first-order valence-electron chi connectivity index (χ1n) is 4.02. The Hall–Kier alpha value is -1.58. The lowest BCUT2D eigenvalue weighted by Gasteiger charge is -1.94. The maximum absolute atomic E-state index is 12.6. The average Bonchev–Trinajstić information content (AvgIpc) is 2.67. The summed E-state index contributed by atoms with van der Waals surface area (Å²) in [6.07, 6.45) is 1.66. The molecule has 6 heteroatoms. The van der Waals surface area contributed by atoms with Crippen molar-refractivity contribution in [3.05, 3.63) is 36.3 Å². The Morgan fingerprint density at radius 1 is 1.29 bits per heavy atom. The number of benzene rings is 1. The Balaban J connectivity index is 2.34. The van der Waals surface area contributed by atoms with E-state index in [4.69, 9.17) is 7.74 Å². The van der Waals surface area contributed by atoms with Gasteiger partial charge in [-0.05, 0) is 24.3 Å². The second-order valence-corrected chi connectivity index (χ2v) is 2.74. The van der Waals surface area contributed by atoms with Crippen molar-refractivity contribution in [3.63, 3.8) is 0 Å². The Morgan fingerprint density at radius 2 is 2.00 bits per heavy atom. The van der Waals surface area contributed by atoms with E-state index >= 15 is 0 Å². The SMILES string of the molecule is [B][B]n1cc(-c2ccc(F)cc2)nn1. The molecular formula is C8H5B2FN3. The molecule has 14 heavy (non-hydrogen) atoms. The minimum Gasteiger partial charge on any atom is -0.314 e. The average molecular weight is 184 g/mol. The largest absolute Gasteiger partial charge is 0.314 e. The zero-order valence-electron chi connectivity index (χ0n) is 7.26. The van der Waals surface area contributed by atoms with Crippen LogP contribution < -0.4 is 0 Å². The van der Waals surface area contributed by atoms with Gasteiger partial charge in [0.15, 0.2) is 0 Å². The molecule has 0 aliphatic carbocycles. The molecule has 0 fully saturated rings. The van der Waals surface area contributed by atoms with E-state index in [1.807, 2.05) is 0 Å². The van der Waals surface area contributed by atoms with Crippen LogP contribution in [0.25, 0.3) is 11.3 Å². The number of nitrogens with zero attached hydrogens (tertiary/aromatic N) is 3. The molecule has 3 nitrogen and oxygen atoms in total. The highest BCUT2D eigenvalue weighted by atomic mass is 19.1. The van der Waals surface area contributed by atoms with E-state index < -0.39 is 0 Å². The van der Waals surface area contributed by atoms with Crippen molar-refractivity contribution in [2.75, 3.05) is 0 Å².